The van der Waals surface area contributed by atoms with Crippen molar-refractivity contribution in [3.8, 4) is 0 Å². The molecule has 6 heteroatoms. The number of aryl methyl sites for hydroxylation is 1. The van der Waals surface area contributed by atoms with Crippen LogP contribution in [-0.2, 0) is 6.42 Å². The fourth-order valence-corrected chi connectivity index (χ4v) is 3.75. The zero-order chi connectivity index (χ0) is 19.5. The minimum Gasteiger partial charge on any atom is -0.372 e. The highest BCUT2D eigenvalue weighted by atomic mass is 15.3. The average molecular weight is 374 g/mol. The molecule has 1 aliphatic rings. The first-order valence-corrected chi connectivity index (χ1v) is 9.87. The maximum absolute atomic E-state index is 4.71. The number of nitrogens with one attached hydrogen (secondary N) is 1. The van der Waals surface area contributed by atoms with E-state index < -0.39 is 0 Å². The van der Waals surface area contributed by atoms with Crippen molar-refractivity contribution in [1.29, 1.82) is 0 Å². The predicted octanol–water partition coefficient (Wildman–Crippen LogP) is 4.46. The van der Waals surface area contributed by atoms with E-state index in [9.17, 15) is 0 Å². The Balaban J connectivity index is 1.56. The Labute approximate surface area is 166 Å². The molecule has 0 saturated carbocycles. The van der Waals surface area contributed by atoms with Crippen molar-refractivity contribution in [2.75, 3.05) is 34.8 Å². The molecule has 0 radical (unpaired) electrons. The number of anilines is 5. The zero-order valence-electron chi connectivity index (χ0n) is 16.7. The SMILES string of the molecule is CCN(CC)c1ccc(Nc2nncc(N3CCc4ccccc43)n2)c(C)c1. The Morgan fingerprint density at radius 3 is 2.71 bits per heavy atom. The van der Waals surface area contributed by atoms with Crippen LogP contribution in [0.1, 0.15) is 25.0 Å². The lowest BCUT2D eigenvalue weighted by atomic mass is 10.1. The van der Waals surface area contributed by atoms with Gasteiger partial charge in [-0.3, -0.25) is 0 Å². The smallest absolute Gasteiger partial charge is 0.249 e. The number of hydrogen-bond acceptors (Lipinski definition) is 6. The van der Waals surface area contributed by atoms with Gasteiger partial charge < -0.3 is 15.1 Å². The van der Waals surface area contributed by atoms with Crippen molar-refractivity contribution < 1.29 is 0 Å². The van der Waals surface area contributed by atoms with Gasteiger partial charge in [-0.15, -0.1) is 5.10 Å². The van der Waals surface area contributed by atoms with Crippen LogP contribution in [0.3, 0.4) is 0 Å². The van der Waals surface area contributed by atoms with Crippen molar-refractivity contribution in [1.82, 2.24) is 15.2 Å². The molecule has 3 aromatic rings. The second kappa shape index (κ2) is 7.84. The molecule has 6 nitrogen and oxygen atoms in total. The summed E-state index contributed by atoms with van der Waals surface area (Å²) >= 11 is 0. The highest BCUT2D eigenvalue weighted by Crippen LogP contribution is 2.33. The molecule has 1 aromatic heterocycles. The van der Waals surface area contributed by atoms with Crippen LogP contribution < -0.4 is 15.1 Å². The van der Waals surface area contributed by atoms with E-state index in [0.29, 0.717) is 5.95 Å². The largest absolute Gasteiger partial charge is 0.372 e. The molecule has 0 atom stereocenters. The highest BCUT2D eigenvalue weighted by Gasteiger charge is 2.21. The van der Waals surface area contributed by atoms with Crippen LogP contribution in [-0.4, -0.2) is 34.8 Å². The Morgan fingerprint density at radius 1 is 1.11 bits per heavy atom. The number of aromatic nitrogens is 3. The summed E-state index contributed by atoms with van der Waals surface area (Å²) in [7, 11) is 0. The van der Waals surface area contributed by atoms with E-state index in [1.54, 1.807) is 6.20 Å². The van der Waals surface area contributed by atoms with Gasteiger partial charge in [-0.2, -0.15) is 10.1 Å². The lowest BCUT2D eigenvalue weighted by molar-refractivity contribution is 0.865. The van der Waals surface area contributed by atoms with Crippen molar-refractivity contribution in [2.45, 2.75) is 27.2 Å². The van der Waals surface area contributed by atoms with Gasteiger partial charge in [0.2, 0.25) is 5.95 Å². The Morgan fingerprint density at radius 2 is 1.93 bits per heavy atom. The lowest BCUT2D eigenvalue weighted by Gasteiger charge is -2.22. The monoisotopic (exact) mass is 374 g/mol. The summed E-state index contributed by atoms with van der Waals surface area (Å²) in [6.45, 7) is 9.35. The maximum Gasteiger partial charge on any atom is 0.249 e. The van der Waals surface area contributed by atoms with E-state index in [4.69, 9.17) is 4.98 Å². The van der Waals surface area contributed by atoms with Crippen LogP contribution in [0.4, 0.5) is 28.8 Å². The number of rotatable bonds is 6. The molecule has 144 valence electrons. The van der Waals surface area contributed by atoms with E-state index in [-0.39, 0.29) is 0 Å². The molecule has 0 amide bonds. The number of fused-ring (bicyclic) bond motifs is 1. The van der Waals surface area contributed by atoms with Gasteiger partial charge in [0, 0.05) is 36.7 Å². The normalized spacial score (nSPS) is 12.8. The molecule has 4 rings (SSSR count). The quantitative estimate of drug-likeness (QED) is 0.687. The maximum atomic E-state index is 4.71. The lowest BCUT2D eigenvalue weighted by Crippen LogP contribution is -2.21. The van der Waals surface area contributed by atoms with Gasteiger partial charge in [0.15, 0.2) is 5.82 Å². The number of para-hydroxylation sites is 1. The third-order valence-electron chi connectivity index (χ3n) is 5.29. The molecule has 28 heavy (non-hydrogen) atoms. The Hall–Kier alpha value is -3.15. The number of benzene rings is 2. The highest BCUT2D eigenvalue weighted by molar-refractivity contribution is 5.69. The molecule has 0 aliphatic carbocycles. The van der Waals surface area contributed by atoms with Gasteiger partial charge in [-0.05, 0) is 62.6 Å². The summed E-state index contributed by atoms with van der Waals surface area (Å²) in [4.78, 5) is 9.24. The molecule has 1 N–H and O–H groups in total. The minimum atomic E-state index is 0.514. The van der Waals surface area contributed by atoms with Crippen LogP contribution in [0.5, 0.6) is 0 Å². The van der Waals surface area contributed by atoms with E-state index >= 15 is 0 Å². The number of hydrogen-bond donors (Lipinski definition) is 1. The molecule has 0 saturated heterocycles. The van der Waals surface area contributed by atoms with Crippen molar-refractivity contribution in [2.24, 2.45) is 0 Å². The van der Waals surface area contributed by atoms with Crippen molar-refractivity contribution in [3.63, 3.8) is 0 Å². The summed E-state index contributed by atoms with van der Waals surface area (Å²) in [6, 6.07) is 14.9. The van der Waals surface area contributed by atoms with Gasteiger partial charge in [0.05, 0.1) is 6.20 Å². The molecule has 2 aromatic carbocycles. The first-order chi connectivity index (χ1) is 13.7. The summed E-state index contributed by atoms with van der Waals surface area (Å²) in [6.07, 6.45) is 2.75. The molecule has 0 spiro atoms. The van der Waals surface area contributed by atoms with Crippen molar-refractivity contribution >= 4 is 28.8 Å². The van der Waals surface area contributed by atoms with E-state index in [1.165, 1.54) is 16.9 Å². The second-order valence-electron chi connectivity index (χ2n) is 6.97. The van der Waals surface area contributed by atoms with Crippen LogP contribution in [0.15, 0.2) is 48.7 Å². The zero-order valence-corrected chi connectivity index (χ0v) is 16.7. The third-order valence-corrected chi connectivity index (χ3v) is 5.29. The average Bonchev–Trinajstić information content (AvgIpc) is 3.15. The Bertz CT molecular complexity index is 967. The first-order valence-electron chi connectivity index (χ1n) is 9.87. The summed E-state index contributed by atoms with van der Waals surface area (Å²) < 4.78 is 0. The molecule has 0 bridgehead atoms. The van der Waals surface area contributed by atoms with Gasteiger partial charge in [-0.1, -0.05) is 18.2 Å². The van der Waals surface area contributed by atoms with Gasteiger partial charge in [-0.25, -0.2) is 0 Å². The minimum absolute atomic E-state index is 0.514. The molecule has 0 fully saturated rings. The van der Waals surface area contributed by atoms with Crippen molar-refractivity contribution in [3.05, 3.63) is 59.8 Å². The van der Waals surface area contributed by atoms with Gasteiger partial charge in [0.1, 0.15) is 0 Å². The van der Waals surface area contributed by atoms with Crippen LogP contribution >= 0.6 is 0 Å². The topological polar surface area (TPSA) is 57.2 Å². The second-order valence-corrected chi connectivity index (χ2v) is 6.97. The summed E-state index contributed by atoms with van der Waals surface area (Å²) in [5.41, 5.74) is 5.93. The van der Waals surface area contributed by atoms with Gasteiger partial charge in [0.25, 0.3) is 0 Å². The first kappa shape index (κ1) is 18.2. The van der Waals surface area contributed by atoms with E-state index in [1.807, 2.05) is 0 Å². The van der Waals surface area contributed by atoms with Gasteiger partial charge >= 0.3 is 0 Å². The molecule has 0 unspecified atom stereocenters. The van der Waals surface area contributed by atoms with E-state index in [2.05, 4.69) is 88.5 Å². The molecule has 1 aliphatic heterocycles. The third kappa shape index (κ3) is 3.50. The standard InChI is InChI=1S/C22H26N6/c1-4-27(5-2)18-10-11-19(16(3)14-18)24-22-25-21(15-23-26-22)28-13-12-17-8-6-7-9-20(17)28/h6-11,14-15H,4-5,12-13H2,1-3H3,(H,24,25,26). The summed E-state index contributed by atoms with van der Waals surface area (Å²) in [5.74, 6) is 1.33. The van der Waals surface area contributed by atoms with E-state index in [0.717, 1.165) is 43.1 Å². The molecular weight excluding hydrogens is 348 g/mol. The fourth-order valence-electron chi connectivity index (χ4n) is 3.75. The van der Waals surface area contributed by atoms with Crippen LogP contribution in [0.25, 0.3) is 0 Å². The van der Waals surface area contributed by atoms with Crippen LogP contribution in [0.2, 0.25) is 0 Å². The predicted molar refractivity (Wildman–Crippen MR) is 115 cm³/mol. The molecule has 2 heterocycles. The molecular formula is C22H26N6. The fraction of sp³-hybridized carbons (Fsp3) is 0.318. The van der Waals surface area contributed by atoms with Crippen LogP contribution in [0, 0.1) is 6.92 Å². The Kier molecular flexibility index (Phi) is 5.10. The number of nitrogens with zero attached hydrogens (tertiary/aromatic N) is 5. The summed E-state index contributed by atoms with van der Waals surface area (Å²) in [5, 5.41) is 11.7.